The number of hydrogen-bond donors (Lipinski definition) is 1. The third kappa shape index (κ3) is 1.55. The largest absolute Gasteiger partial charge is 0.394 e. The van der Waals surface area contributed by atoms with E-state index in [2.05, 4.69) is 0 Å². The van der Waals surface area contributed by atoms with Crippen LogP contribution < -0.4 is 0 Å². The van der Waals surface area contributed by atoms with Crippen LogP contribution in [0.3, 0.4) is 0 Å². The molecule has 5 heteroatoms. The summed E-state index contributed by atoms with van der Waals surface area (Å²) < 4.78 is 21.8. The Kier molecular flexibility index (Phi) is 2.53. The zero-order valence-corrected chi connectivity index (χ0v) is 8.60. The van der Waals surface area contributed by atoms with Gasteiger partial charge in [-0.15, -0.1) is 0 Å². The van der Waals surface area contributed by atoms with Gasteiger partial charge in [0.15, 0.2) is 12.1 Å². The Morgan fingerprint density at radius 2 is 1.93 bits per heavy atom. The number of aliphatic hydroxyl groups excluding tert-OH is 1. The molecule has 0 amide bonds. The fraction of sp³-hybridized carbons (Fsp3) is 1.00. The number of hydrogen-bond acceptors (Lipinski definition) is 5. The molecule has 0 saturated carbocycles. The van der Waals surface area contributed by atoms with Crippen molar-refractivity contribution in [3.63, 3.8) is 0 Å². The Balaban J connectivity index is 2.12. The summed E-state index contributed by atoms with van der Waals surface area (Å²) in [6.45, 7) is 3.60. The zero-order chi connectivity index (χ0) is 10.3. The maximum Gasteiger partial charge on any atom is 0.186 e. The highest BCUT2D eigenvalue weighted by molar-refractivity contribution is 4.94. The van der Waals surface area contributed by atoms with Crippen molar-refractivity contribution in [3.8, 4) is 0 Å². The molecule has 82 valence electrons. The van der Waals surface area contributed by atoms with Crippen molar-refractivity contribution in [2.75, 3.05) is 13.7 Å². The van der Waals surface area contributed by atoms with Gasteiger partial charge in [-0.3, -0.25) is 0 Å². The van der Waals surface area contributed by atoms with Crippen LogP contribution >= 0.6 is 0 Å². The van der Waals surface area contributed by atoms with Gasteiger partial charge in [-0.05, 0) is 13.8 Å². The van der Waals surface area contributed by atoms with Crippen LogP contribution in [0.15, 0.2) is 0 Å². The van der Waals surface area contributed by atoms with Gasteiger partial charge in [0.2, 0.25) is 0 Å². The molecule has 2 aliphatic heterocycles. The van der Waals surface area contributed by atoms with Crippen molar-refractivity contribution >= 4 is 0 Å². The molecule has 5 nitrogen and oxygen atoms in total. The molecule has 1 N–H and O–H groups in total. The summed E-state index contributed by atoms with van der Waals surface area (Å²) in [5.41, 5.74) is 0. The number of rotatable bonds is 2. The monoisotopic (exact) mass is 204 g/mol. The first kappa shape index (κ1) is 10.3. The van der Waals surface area contributed by atoms with E-state index in [0.29, 0.717) is 0 Å². The standard InChI is InChI=1S/C9H16O5/c1-9(2)13-6-5(4-10)12-8(11-3)7(6)14-9/h5-8,10H,4H2,1-3H3/t5?,6-,7-,8-/m0/s1. The summed E-state index contributed by atoms with van der Waals surface area (Å²) in [6.07, 6.45) is -1.28. The first-order valence-electron chi connectivity index (χ1n) is 4.72. The normalized spacial score (nSPS) is 45.4. The summed E-state index contributed by atoms with van der Waals surface area (Å²) >= 11 is 0. The van der Waals surface area contributed by atoms with Crippen LogP contribution in [-0.2, 0) is 18.9 Å². The van der Waals surface area contributed by atoms with E-state index in [9.17, 15) is 0 Å². The molecule has 2 heterocycles. The molecule has 14 heavy (non-hydrogen) atoms. The summed E-state index contributed by atoms with van der Waals surface area (Å²) in [7, 11) is 1.55. The molecule has 0 spiro atoms. The molecular formula is C9H16O5. The number of methoxy groups -OCH3 is 1. The molecule has 0 aromatic heterocycles. The maximum atomic E-state index is 9.08. The zero-order valence-electron chi connectivity index (χ0n) is 8.60. The second-order valence-corrected chi connectivity index (χ2v) is 4.03. The first-order chi connectivity index (χ1) is 6.57. The molecule has 4 atom stereocenters. The van der Waals surface area contributed by atoms with Crippen molar-refractivity contribution in [3.05, 3.63) is 0 Å². The lowest BCUT2D eigenvalue weighted by Gasteiger charge is -2.22. The Morgan fingerprint density at radius 1 is 1.29 bits per heavy atom. The summed E-state index contributed by atoms with van der Waals surface area (Å²) in [4.78, 5) is 0. The molecule has 1 unspecified atom stereocenters. The average molecular weight is 204 g/mol. The van der Waals surface area contributed by atoms with Crippen LogP contribution in [0.5, 0.6) is 0 Å². The van der Waals surface area contributed by atoms with Crippen LogP contribution in [0, 0.1) is 0 Å². The topological polar surface area (TPSA) is 57.2 Å². The molecule has 0 bridgehead atoms. The minimum atomic E-state index is -0.622. The highest BCUT2D eigenvalue weighted by Crippen LogP contribution is 2.38. The fourth-order valence-electron chi connectivity index (χ4n) is 1.98. The number of ether oxygens (including phenoxy) is 4. The second-order valence-electron chi connectivity index (χ2n) is 4.03. The minimum absolute atomic E-state index is 0.0829. The van der Waals surface area contributed by atoms with Gasteiger partial charge in [0.1, 0.15) is 18.3 Å². The van der Waals surface area contributed by atoms with Crippen LogP contribution in [0.2, 0.25) is 0 Å². The van der Waals surface area contributed by atoms with Gasteiger partial charge in [-0.2, -0.15) is 0 Å². The van der Waals surface area contributed by atoms with Crippen molar-refractivity contribution in [1.29, 1.82) is 0 Å². The highest BCUT2D eigenvalue weighted by Gasteiger charge is 2.55. The molecule has 2 aliphatic rings. The molecule has 2 fully saturated rings. The fourth-order valence-corrected chi connectivity index (χ4v) is 1.98. The summed E-state index contributed by atoms with van der Waals surface area (Å²) in [5.74, 6) is -0.622. The van der Waals surface area contributed by atoms with Gasteiger partial charge in [0.05, 0.1) is 6.61 Å². The maximum absolute atomic E-state index is 9.08. The Bertz CT molecular complexity index is 197. The molecule has 2 rings (SSSR count). The van der Waals surface area contributed by atoms with E-state index in [-0.39, 0.29) is 24.9 Å². The van der Waals surface area contributed by atoms with E-state index in [1.54, 1.807) is 7.11 Å². The van der Waals surface area contributed by atoms with E-state index < -0.39 is 12.1 Å². The highest BCUT2D eigenvalue weighted by atomic mass is 16.8. The Labute approximate surface area is 82.9 Å². The molecule has 2 saturated heterocycles. The molecule has 0 radical (unpaired) electrons. The van der Waals surface area contributed by atoms with Gasteiger partial charge in [-0.1, -0.05) is 0 Å². The number of aliphatic hydroxyl groups is 1. The lowest BCUT2D eigenvalue weighted by molar-refractivity contribution is -0.230. The average Bonchev–Trinajstić information content (AvgIpc) is 2.57. The van der Waals surface area contributed by atoms with Crippen molar-refractivity contribution in [1.82, 2.24) is 0 Å². The van der Waals surface area contributed by atoms with E-state index >= 15 is 0 Å². The van der Waals surface area contributed by atoms with E-state index in [1.165, 1.54) is 0 Å². The summed E-state index contributed by atoms with van der Waals surface area (Å²) in [6, 6.07) is 0. The molecule has 0 aliphatic carbocycles. The molecule has 0 aromatic rings. The van der Waals surface area contributed by atoms with Gasteiger partial charge in [0.25, 0.3) is 0 Å². The van der Waals surface area contributed by atoms with Crippen molar-refractivity contribution < 1.29 is 24.1 Å². The van der Waals surface area contributed by atoms with Crippen LogP contribution in [0.4, 0.5) is 0 Å². The third-order valence-electron chi connectivity index (χ3n) is 2.52. The van der Waals surface area contributed by atoms with Gasteiger partial charge in [-0.25, -0.2) is 0 Å². The third-order valence-corrected chi connectivity index (χ3v) is 2.52. The lowest BCUT2D eigenvalue weighted by atomic mass is 10.1. The predicted octanol–water partition coefficient (Wildman–Crippen LogP) is -0.130. The van der Waals surface area contributed by atoms with E-state index in [4.69, 9.17) is 24.1 Å². The van der Waals surface area contributed by atoms with Crippen LogP contribution in [0.25, 0.3) is 0 Å². The van der Waals surface area contributed by atoms with Crippen molar-refractivity contribution in [2.24, 2.45) is 0 Å². The Hall–Kier alpha value is -0.200. The van der Waals surface area contributed by atoms with E-state index in [1.807, 2.05) is 13.8 Å². The lowest BCUT2D eigenvalue weighted by Crippen LogP contribution is -2.31. The smallest absolute Gasteiger partial charge is 0.186 e. The minimum Gasteiger partial charge on any atom is -0.394 e. The van der Waals surface area contributed by atoms with Gasteiger partial charge in [0, 0.05) is 7.11 Å². The summed E-state index contributed by atoms with van der Waals surface area (Å²) in [5, 5.41) is 9.08. The SMILES string of the molecule is CO[C@H]1OC(CO)[C@@H]2OC(C)(C)O[C@H]12. The molecular weight excluding hydrogens is 188 g/mol. The van der Waals surface area contributed by atoms with Crippen LogP contribution in [-0.4, -0.2) is 49.2 Å². The quantitative estimate of drug-likeness (QED) is 0.679. The van der Waals surface area contributed by atoms with E-state index in [0.717, 1.165) is 0 Å². The number of fused-ring (bicyclic) bond motifs is 1. The predicted molar refractivity (Wildman–Crippen MR) is 46.6 cm³/mol. The second kappa shape index (κ2) is 3.43. The van der Waals surface area contributed by atoms with Crippen LogP contribution in [0.1, 0.15) is 13.8 Å². The van der Waals surface area contributed by atoms with Crippen molar-refractivity contribution in [2.45, 2.75) is 44.2 Å². The van der Waals surface area contributed by atoms with Gasteiger partial charge < -0.3 is 24.1 Å². The molecule has 0 aromatic carbocycles. The first-order valence-corrected chi connectivity index (χ1v) is 4.72. The van der Waals surface area contributed by atoms with Gasteiger partial charge >= 0.3 is 0 Å². The Morgan fingerprint density at radius 3 is 2.50 bits per heavy atom.